The Morgan fingerprint density at radius 1 is 1.29 bits per heavy atom. The van der Waals surface area contributed by atoms with Crippen molar-refractivity contribution in [1.29, 1.82) is 0 Å². The van der Waals surface area contributed by atoms with Crippen molar-refractivity contribution >= 4 is 16.9 Å². The van der Waals surface area contributed by atoms with Gasteiger partial charge >= 0.3 is 5.97 Å². The molecule has 0 atom stereocenters. The number of fused-ring (bicyclic) bond motifs is 1. The van der Waals surface area contributed by atoms with Crippen molar-refractivity contribution in [2.24, 2.45) is 0 Å². The van der Waals surface area contributed by atoms with Crippen molar-refractivity contribution in [3.05, 3.63) is 45.7 Å². The number of aromatic amines is 1. The Hall–Kier alpha value is -2.10. The number of aromatic nitrogens is 1. The third kappa shape index (κ3) is 2.71. The Morgan fingerprint density at radius 2 is 2.05 bits per heavy atom. The van der Waals surface area contributed by atoms with E-state index < -0.39 is 5.97 Å². The van der Waals surface area contributed by atoms with Crippen LogP contribution in [0.1, 0.15) is 54.4 Å². The van der Waals surface area contributed by atoms with E-state index in [2.05, 4.69) is 11.1 Å². The highest BCUT2D eigenvalue weighted by molar-refractivity contribution is 5.93. The molecule has 1 saturated carbocycles. The van der Waals surface area contributed by atoms with Crippen LogP contribution < -0.4 is 5.56 Å². The molecule has 110 valence electrons. The van der Waals surface area contributed by atoms with Gasteiger partial charge in [0.2, 0.25) is 0 Å². The van der Waals surface area contributed by atoms with Gasteiger partial charge in [-0.05, 0) is 48.8 Å². The molecule has 21 heavy (non-hydrogen) atoms. The second kappa shape index (κ2) is 5.72. The predicted octanol–water partition coefficient (Wildman–Crippen LogP) is 3.36. The Morgan fingerprint density at radius 3 is 2.76 bits per heavy atom. The van der Waals surface area contributed by atoms with Crippen molar-refractivity contribution < 1.29 is 9.53 Å². The molecule has 1 aliphatic carbocycles. The molecule has 1 aliphatic rings. The van der Waals surface area contributed by atoms with Crippen molar-refractivity contribution in [2.75, 3.05) is 6.61 Å². The molecule has 0 amide bonds. The lowest BCUT2D eigenvalue weighted by molar-refractivity contribution is 0.0524. The van der Waals surface area contributed by atoms with Crippen LogP contribution in [-0.2, 0) is 4.74 Å². The molecule has 0 unspecified atom stereocenters. The molecule has 0 radical (unpaired) electrons. The number of esters is 1. The number of carbonyl (C=O) groups is 1. The summed E-state index contributed by atoms with van der Waals surface area (Å²) in [4.78, 5) is 26.6. The zero-order chi connectivity index (χ0) is 14.8. The van der Waals surface area contributed by atoms with E-state index >= 15 is 0 Å². The van der Waals surface area contributed by atoms with Crippen LogP contribution in [0.4, 0.5) is 0 Å². The molecule has 0 bridgehead atoms. The zero-order valence-electron chi connectivity index (χ0n) is 12.1. The number of rotatable bonds is 3. The zero-order valence-corrected chi connectivity index (χ0v) is 12.1. The highest BCUT2D eigenvalue weighted by Crippen LogP contribution is 2.34. The Balaban J connectivity index is 2.01. The van der Waals surface area contributed by atoms with Crippen LogP contribution >= 0.6 is 0 Å². The number of benzene rings is 1. The van der Waals surface area contributed by atoms with E-state index in [9.17, 15) is 9.59 Å². The molecule has 4 heteroatoms. The van der Waals surface area contributed by atoms with Crippen molar-refractivity contribution in [3.63, 3.8) is 0 Å². The quantitative estimate of drug-likeness (QED) is 0.880. The van der Waals surface area contributed by atoms with Gasteiger partial charge in [-0.3, -0.25) is 4.79 Å². The van der Waals surface area contributed by atoms with Crippen molar-refractivity contribution in [2.45, 2.75) is 38.5 Å². The summed E-state index contributed by atoms with van der Waals surface area (Å²) in [7, 11) is 0. The van der Waals surface area contributed by atoms with Gasteiger partial charge in [0.1, 0.15) is 5.56 Å². The van der Waals surface area contributed by atoms with E-state index in [1.807, 2.05) is 12.1 Å². The topological polar surface area (TPSA) is 59.2 Å². The summed E-state index contributed by atoms with van der Waals surface area (Å²) in [5.41, 5.74) is 1.75. The molecule has 2 aromatic rings. The van der Waals surface area contributed by atoms with Gasteiger partial charge in [-0.1, -0.05) is 25.0 Å². The summed E-state index contributed by atoms with van der Waals surface area (Å²) in [5, 5.41) is 0.861. The predicted molar refractivity (Wildman–Crippen MR) is 81.7 cm³/mol. The van der Waals surface area contributed by atoms with Gasteiger partial charge in [0.15, 0.2) is 0 Å². The lowest BCUT2D eigenvalue weighted by atomic mass is 9.96. The van der Waals surface area contributed by atoms with Crippen molar-refractivity contribution in [3.8, 4) is 0 Å². The van der Waals surface area contributed by atoms with Gasteiger partial charge in [0, 0.05) is 5.52 Å². The first-order valence-electron chi connectivity index (χ1n) is 7.53. The van der Waals surface area contributed by atoms with Crippen LogP contribution in [0, 0.1) is 0 Å². The maximum absolute atomic E-state index is 12.0. The molecule has 3 rings (SSSR count). The average molecular weight is 285 g/mol. The summed E-state index contributed by atoms with van der Waals surface area (Å²) in [6.07, 6.45) is 5.00. The number of pyridine rings is 1. The first kappa shape index (κ1) is 13.9. The second-order valence-corrected chi connectivity index (χ2v) is 5.56. The van der Waals surface area contributed by atoms with Crippen LogP contribution in [0.2, 0.25) is 0 Å². The molecule has 4 nitrogen and oxygen atoms in total. The molecule has 0 aliphatic heterocycles. The fourth-order valence-electron chi connectivity index (χ4n) is 3.09. The van der Waals surface area contributed by atoms with Crippen LogP contribution in [0.5, 0.6) is 0 Å². The highest BCUT2D eigenvalue weighted by atomic mass is 16.5. The van der Waals surface area contributed by atoms with E-state index in [1.54, 1.807) is 13.0 Å². The van der Waals surface area contributed by atoms with Crippen molar-refractivity contribution in [1.82, 2.24) is 4.98 Å². The number of nitrogens with one attached hydrogen (secondary N) is 1. The molecule has 0 spiro atoms. The largest absolute Gasteiger partial charge is 0.462 e. The first-order valence-corrected chi connectivity index (χ1v) is 7.53. The Bertz CT molecular complexity index is 726. The summed E-state index contributed by atoms with van der Waals surface area (Å²) in [6.45, 7) is 1.98. The minimum atomic E-state index is -0.569. The molecule has 1 heterocycles. The van der Waals surface area contributed by atoms with Gasteiger partial charge in [-0.2, -0.15) is 0 Å². The number of carbonyl (C=O) groups excluding carboxylic acids is 1. The van der Waals surface area contributed by atoms with Gasteiger partial charge < -0.3 is 9.72 Å². The number of hydrogen-bond donors (Lipinski definition) is 1. The lowest BCUT2D eigenvalue weighted by Gasteiger charge is -2.11. The summed E-state index contributed by atoms with van der Waals surface area (Å²) in [5.74, 6) is 0.0307. The first-order chi connectivity index (χ1) is 10.2. The van der Waals surface area contributed by atoms with E-state index in [4.69, 9.17) is 4.74 Å². The lowest BCUT2D eigenvalue weighted by Crippen LogP contribution is -2.19. The summed E-state index contributed by atoms with van der Waals surface area (Å²) < 4.78 is 4.90. The fourth-order valence-corrected chi connectivity index (χ4v) is 3.09. The van der Waals surface area contributed by atoms with Gasteiger partial charge in [0.05, 0.1) is 6.61 Å². The van der Waals surface area contributed by atoms with E-state index in [0.29, 0.717) is 5.92 Å². The van der Waals surface area contributed by atoms with Gasteiger partial charge in [0.25, 0.3) is 5.56 Å². The summed E-state index contributed by atoms with van der Waals surface area (Å²) >= 11 is 0. The normalized spacial score (nSPS) is 15.5. The van der Waals surface area contributed by atoms with E-state index in [-0.39, 0.29) is 17.7 Å². The maximum Gasteiger partial charge on any atom is 0.343 e. The fraction of sp³-hybridized carbons (Fsp3) is 0.412. The number of ether oxygens (including phenoxy) is 1. The minimum absolute atomic E-state index is 0.0676. The van der Waals surface area contributed by atoms with Crippen LogP contribution in [0.3, 0.4) is 0 Å². The molecule has 0 saturated heterocycles. The Kier molecular flexibility index (Phi) is 3.78. The smallest absolute Gasteiger partial charge is 0.343 e. The second-order valence-electron chi connectivity index (χ2n) is 5.56. The molecule has 1 aromatic carbocycles. The molecule has 1 fully saturated rings. The minimum Gasteiger partial charge on any atom is -0.462 e. The molecule has 1 aromatic heterocycles. The van der Waals surface area contributed by atoms with Gasteiger partial charge in [-0.25, -0.2) is 4.79 Å². The van der Waals surface area contributed by atoms with E-state index in [0.717, 1.165) is 10.9 Å². The molecular formula is C17H19NO3. The van der Waals surface area contributed by atoms with E-state index in [1.165, 1.54) is 31.2 Å². The van der Waals surface area contributed by atoms with Gasteiger partial charge in [-0.15, -0.1) is 0 Å². The number of hydrogen-bond acceptors (Lipinski definition) is 3. The molecular weight excluding hydrogens is 266 g/mol. The third-order valence-corrected chi connectivity index (χ3v) is 4.19. The maximum atomic E-state index is 12.0. The standard InChI is InChI=1S/C17H19NO3/c1-2-21-17(20)14-9-13-8-7-12(11-5-3-4-6-11)10-15(13)18-16(14)19/h7-11H,2-6H2,1H3,(H,18,19). The van der Waals surface area contributed by atoms with Crippen LogP contribution in [0.25, 0.3) is 10.9 Å². The SMILES string of the molecule is CCOC(=O)c1cc2ccc(C3CCCC3)cc2[nH]c1=O. The Labute approximate surface area is 123 Å². The molecule has 1 N–H and O–H groups in total. The third-order valence-electron chi connectivity index (χ3n) is 4.19. The number of H-pyrrole nitrogens is 1. The van der Waals surface area contributed by atoms with Crippen LogP contribution in [0.15, 0.2) is 29.1 Å². The highest BCUT2D eigenvalue weighted by Gasteiger charge is 2.18. The summed E-state index contributed by atoms with van der Waals surface area (Å²) in [6, 6.07) is 7.74. The monoisotopic (exact) mass is 285 g/mol. The van der Waals surface area contributed by atoms with Crippen LogP contribution in [-0.4, -0.2) is 17.6 Å². The average Bonchev–Trinajstić information content (AvgIpc) is 3.00.